The first-order valence-electron chi connectivity index (χ1n) is 8.16. The van der Waals surface area contributed by atoms with Crippen molar-refractivity contribution in [2.45, 2.75) is 32.2 Å². The molecule has 0 saturated carbocycles. The van der Waals surface area contributed by atoms with Gasteiger partial charge in [-0.1, -0.05) is 5.16 Å². The molecule has 0 unspecified atom stereocenters. The van der Waals surface area contributed by atoms with Crippen LogP contribution in [-0.4, -0.2) is 27.8 Å². The van der Waals surface area contributed by atoms with Crippen LogP contribution in [0.1, 0.15) is 35.8 Å². The van der Waals surface area contributed by atoms with E-state index < -0.39 is 0 Å². The van der Waals surface area contributed by atoms with Gasteiger partial charge in [-0.3, -0.25) is 4.57 Å². The summed E-state index contributed by atoms with van der Waals surface area (Å²) in [6.45, 7) is 3.87. The number of nitrogens with zero attached hydrogens (tertiary/aromatic N) is 2. The zero-order chi connectivity index (χ0) is 16.7. The van der Waals surface area contributed by atoms with E-state index >= 15 is 0 Å². The smallest absolute Gasteiger partial charge is 0.326 e. The molecule has 3 aromatic rings. The van der Waals surface area contributed by atoms with Crippen molar-refractivity contribution in [1.29, 1.82) is 0 Å². The van der Waals surface area contributed by atoms with E-state index in [0.717, 1.165) is 37.0 Å². The van der Waals surface area contributed by atoms with Crippen LogP contribution >= 0.6 is 0 Å². The van der Waals surface area contributed by atoms with Gasteiger partial charge in [0.05, 0.1) is 17.6 Å². The van der Waals surface area contributed by atoms with Crippen LogP contribution in [0.15, 0.2) is 27.5 Å². The van der Waals surface area contributed by atoms with Gasteiger partial charge in [0, 0.05) is 6.07 Å². The highest BCUT2D eigenvalue weighted by Gasteiger charge is 2.21. The first-order valence-corrected chi connectivity index (χ1v) is 8.16. The van der Waals surface area contributed by atoms with Crippen molar-refractivity contribution in [3.05, 3.63) is 51.5 Å². The van der Waals surface area contributed by atoms with Crippen molar-refractivity contribution in [3.63, 3.8) is 0 Å². The van der Waals surface area contributed by atoms with Crippen LogP contribution in [0.4, 0.5) is 4.39 Å². The van der Waals surface area contributed by atoms with E-state index in [9.17, 15) is 9.18 Å². The molecule has 2 N–H and O–H groups in total. The predicted molar refractivity (Wildman–Crippen MR) is 87.7 cm³/mol. The fourth-order valence-electron chi connectivity index (χ4n) is 3.51. The summed E-state index contributed by atoms with van der Waals surface area (Å²) in [6.07, 6.45) is 1.88. The summed E-state index contributed by atoms with van der Waals surface area (Å²) >= 11 is 0. The van der Waals surface area contributed by atoms with Gasteiger partial charge in [-0.25, -0.2) is 9.18 Å². The predicted octanol–water partition coefficient (Wildman–Crippen LogP) is 2.28. The maximum atomic E-state index is 14.2. The maximum absolute atomic E-state index is 14.2. The molecule has 1 aliphatic rings. The van der Waals surface area contributed by atoms with Crippen molar-refractivity contribution in [2.24, 2.45) is 0 Å². The van der Waals surface area contributed by atoms with Gasteiger partial charge < -0.3 is 14.8 Å². The number of nitrogens with one attached hydrogen (secondary N) is 2. The Morgan fingerprint density at radius 1 is 1.33 bits per heavy atom. The number of hydrogen-bond acceptors (Lipinski definition) is 4. The number of rotatable bonds is 3. The van der Waals surface area contributed by atoms with E-state index in [1.807, 2.05) is 0 Å². The number of aromatic amines is 1. The van der Waals surface area contributed by atoms with E-state index in [0.29, 0.717) is 17.0 Å². The summed E-state index contributed by atoms with van der Waals surface area (Å²) in [6, 6.07) is 4.74. The van der Waals surface area contributed by atoms with Gasteiger partial charge in [-0.15, -0.1) is 0 Å². The molecule has 1 fully saturated rings. The molecule has 126 valence electrons. The Hall–Kier alpha value is -2.41. The fourth-order valence-corrected chi connectivity index (χ4v) is 3.51. The fraction of sp³-hybridized carbons (Fsp3) is 0.412. The monoisotopic (exact) mass is 330 g/mol. The van der Waals surface area contributed by atoms with Crippen molar-refractivity contribution in [2.75, 3.05) is 13.1 Å². The molecule has 0 amide bonds. The minimum Gasteiger partial charge on any atom is -0.361 e. The Kier molecular flexibility index (Phi) is 3.72. The summed E-state index contributed by atoms with van der Waals surface area (Å²) in [7, 11) is 0. The van der Waals surface area contributed by atoms with Crippen molar-refractivity contribution in [3.8, 4) is 0 Å². The number of benzene rings is 1. The van der Waals surface area contributed by atoms with Crippen molar-refractivity contribution in [1.82, 2.24) is 20.0 Å². The zero-order valence-electron chi connectivity index (χ0n) is 13.4. The van der Waals surface area contributed by atoms with Crippen LogP contribution in [0.3, 0.4) is 0 Å². The number of hydrogen-bond donors (Lipinski definition) is 2. The van der Waals surface area contributed by atoms with Crippen LogP contribution in [0.2, 0.25) is 0 Å². The molecule has 1 saturated heterocycles. The summed E-state index contributed by atoms with van der Waals surface area (Å²) in [5, 5.41) is 7.23. The molecule has 0 aliphatic carbocycles. The molecular formula is C17H19FN4O2. The molecule has 0 spiro atoms. The highest BCUT2D eigenvalue weighted by atomic mass is 19.1. The second-order valence-corrected chi connectivity index (χ2v) is 6.36. The van der Waals surface area contributed by atoms with Gasteiger partial charge in [0.15, 0.2) is 0 Å². The normalized spacial score (nSPS) is 16.1. The minimum atomic E-state index is -0.319. The largest absolute Gasteiger partial charge is 0.361 e. The lowest BCUT2D eigenvalue weighted by Crippen LogP contribution is -2.26. The third-order valence-corrected chi connectivity index (χ3v) is 4.66. The van der Waals surface area contributed by atoms with Crippen LogP contribution in [0, 0.1) is 12.7 Å². The minimum absolute atomic E-state index is 0.255. The van der Waals surface area contributed by atoms with E-state index in [1.165, 1.54) is 10.6 Å². The number of aromatic nitrogens is 3. The first kappa shape index (κ1) is 15.1. The first-order chi connectivity index (χ1) is 11.6. The lowest BCUT2D eigenvalue weighted by Gasteiger charge is -2.23. The Bertz CT molecular complexity index is 934. The third kappa shape index (κ3) is 2.65. The molecule has 0 atom stereocenters. The topological polar surface area (TPSA) is 75.8 Å². The summed E-state index contributed by atoms with van der Waals surface area (Å²) < 4.78 is 20.8. The zero-order valence-corrected chi connectivity index (χ0v) is 13.4. The number of piperidine rings is 1. The highest BCUT2D eigenvalue weighted by Crippen LogP contribution is 2.31. The molecule has 6 nitrogen and oxygen atoms in total. The maximum Gasteiger partial charge on any atom is 0.326 e. The van der Waals surface area contributed by atoms with E-state index in [-0.39, 0.29) is 24.0 Å². The molecule has 1 aliphatic heterocycles. The standard InChI is InChI=1S/C17H19FN4O2/c1-10-6-13(21-24-10)9-22-15-8-12(18)7-14(16(15)20-17(22)23)11-2-4-19-5-3-11/h6-8,11,19H,2-5,9H2,1H3,(H,20,23). The second kappa shape index (κ2) is 5.90. The Balaban J connectivity index is 1.82. The quantitative estimate of drug-likeness (QED) is 0.772. The number of aryl methyl sites for hydroxylation is 1. The summed E-state index contributed by atoms with van der Waals surface area (Å²) in [4.78, 5) is 15.3. The Morgan fingerprint density at radius 2 is 2.12 bits per heavy atom. The highest BCUT2D eigenvalue weighted by molar-refractivity contribution is 5.80. The number of halogens is 1. The molecular weight excluding hydrogens is 311 g/mol. The van der Waals surface area contributed by atoms with Crippen LogP contribution < -0.4 is 11.0 Å². The number of imidazole rings is 1. The van der Waals surface area contributed by atoms with Gasteiger partial charge in [0.1, 0.15) is 17.3 Å². The van der Waals surface area contributed by atoms with Gasteiger partial charge in [-0.2, -0.15) is 0 Å². The van der Waals surface area contributed by atoms with Crippen LogP contribution in [0.5, 0.6) is 0 Å². The lowest BCUT2D eigenvalue weighted by atomic mass is 9.89. The van der Waals surface area contributed by atoms with E-state index in [1.54, 1.807) is 19.1 Å². The van der Waals surface area contributed by atoms with Gasteiger partial charge in [-0.05, 0) is 56.5 Å². The van der Waals surface area contributed by atoms with Crippen molar-refractivity contribution < 1.29 is 8.91 Å². The van der Waals surface area contributed by atoms with Gasteiger partial charge in [0.2, 0.25) is 0 Å². The number of fused-ring (bicyclic) bond motifs is 1. The molecule has 3 heterocycles. The van der Waals surface area contributed by atoms with Crippen LogP contribution in [0.25, 0.3) is 11.0 Å². The number of H-pyrrole nitrogens is 1. The molecule has 4 rings (SSSR count). The molecule has 24 heavy (non-hydrogen) atoms. The average Bonchev–Trinajstić information content (AvgIpc) is 3.12. The Morgan fingerprint density at radius 3 is 2.83 bits per heavy atom. The lowest BCUT2D eigenvalue weighted by molar-refractivity contribution is 0.389. The molecule has 0 radical (unpaired) electrons. The van der Waals surface area contributed by atoms with Gasteiger partial charge >= 0.3 is 5.69 Å². The van der Waals surface area contributed by atoms with Gasteiger partial charge in [0.25, 0.3) is 0 Å². The summed E-state index contributed by atoms with van der Waals surface area (Å²) in [5.41, 5.74) is 2.58. The van der Waals surface area contributed by atoms with E-state index in [2.05, 4.69) is 15.5 Å². The van der Waals surface area contributed by atoms with E-state index in [4.69, 9.17) is 4.52 Å². The Labute approximate surface area is 137 Å². The molecule has 0 bridgehead atoms. The second-order valence-electron chi connectivity index (χ2n) is 6.36. The summed E-state index contributed by atoms with van der Waals surface area (Å²) in [5.74, 6) is 0.616. The van der Waals surface area contributed by atoms with Crippen LogP contribution in [-0.2, 0) is 6.54 Å². The SMILES string of the molecule is Cc1cc(Cn2c(=O)[nH]c3c(C4CCNCC4)cc(F)cc32)no1. The molecule has 7 heteroatoms. The average molecular weight is 330 g/mol. The van der Waals surface area contributed by atoms with Crippen molar-refractivity contribution >= 4 is 11.0 Å². The molecule has 1 aromatic carbocycles. The molecule has 2 aromatic heterocycles. The third-order valence-electron chi connectivity index (χ3n) is 4.66.